The second kappa shape index (κ2) is 9.59. The molecule has 0 atom stereocenters. The normalized spacial score (nSPS) is 15.8. The Morgan fingerprint density at radius 3 is 2.15 bits per heavy atom. The quantitative estimate of drug-likeness (QED) is 0.400. The van der Waals surface area contributed by atoms with E-state index >= 15 is 0 Å². The Kier molecular flexibility index (Phi) is 6.20. The van der Waals surface area contributed by atoms with Crippen LogP contribution in [0.4, 0.5) is 5.82 Å². The summed E-state index contributed by atoms with van der Waals surface area (Å²) in [6.45, 7) is 3.20. The Labute approximate surface area is 198 Å². The number of rotatable bonds is 7. The molecule has 0 spiro atoms. The number of hydrogen-bond donors (Lipinski definition) is 0. The minimum Gasteiger partial charge on any atom is -0.352 e. The van der Waals surface area contributed by atoms with Crippen LogP contribution in [-0.2, 0) is 4.79 Å². The third-order valence-corrected chi connectivity index (χ3v) is 6.54. The number of para-hydroxylation sites is 2. The highest BCUT2D eigenvalue weighted by atomic mass is 16.2. The lowest BCUT2D eigenvalue weighted by Crippen LogP contribution is -2.49. The lowest BCUT2D eigenvalue weighted by molar-refractivity contribution is -0.131. The summed E-state index contributed by atoms with van der Waals surface area (Å²) in [5.74, 6) is 0.570. The first-order valence-corrected chi connectivity index (χ1v) is 11.8. The number of hydrogen-bond acceptors (Lipinski definition) is 6. The van der Waals surface area contributed by atoms with Crippen LogP contribution in [0.2, 0.25) is 0 Å². The zero-order valence-corrected chi connectivity index (χ0v) is 19.0. The molecule has 3 amide bonds. The molecule has 0 bridgehead atoms. The lowest BCUT2D eigenvalue weighted by Gasteiger charge is -2.35. The summed E-state index contributed by atoms with van der Waals surface area (Å²) >= 11 is 0. The number of piperazine rings is 1. The number of unbranched alkanes of at least 4 members (excludes halogenated alkanes) is 2. The van der Waals surface area contributed by atoms with Crippen LogP contribution in [0.3, 0.4) is 0 Å². The molecule has 0 radical (unpaired) electrons. The molecule has 2 aliphatic rings. The van der Waals surface area contributed by atoms with Gasteiger partial charge in [-0.05, 0) is 37.1 Å². The van der Waals surface area contributed by atoms with Crippen LogP contribution < -0.4 is 4.90 Å². The monoisotopic (exact) mass is 457 g/mol. The van der Waals surface area contributed by atoms with Gasteiger partial charge in [0.05, 0.1) is 28.4 Å². The predicted octanol–water partition coefficient (Wildman–Crippen LogP) is 3.14. The third-order valence-electron chi connectivity index (χ3n) is 6.54. The molecule has 2 aliphatic heterocycles. The molecule has 0 aliphatic carbocycles. The van der Waals surface area contributed by atoms with Crippen molar-refractivity contribution < 1.29 is 14.4 Å². The van der Waals surface area contributed by atoms with E-state index in [1.165, 1.54) is 4.90 Å². The van der Waals surface area contributed by atoms with Crippen LogP contribution in [0.1, 0.15) is 46.4 Å². The molecule has 8 nitrogen and oxygen atoms in total. The van der Waals surface area contributed by atoms with E-state index in [1.807, 2.05) is 29.2 Å². The molecule has 3 aromatic rings. The Hall–Kier alpha value is -3.81. The van der Waals surface area contributed by atoms with Gasteiger partial charge in [-0.2, -0.15) is 0 Å². The van der Waals surface area contributed by atoms with E-state index in [4.69, 9.17) is 4.98 Å². The van der Waals surface area contributed by atoms with E-state index in [1.54, 1.807) is 30.5 Å². The molecule has 3 heterocycles. The average molecular weight is 458 g/mol. The molecule has 5 rings (SSSR count). The SMILES string of the molecule is O=C(CCCCCN1C(=O)c2ccccc2C1=O)N1CCN(c2cnc3ccccc3n2)CC1. The molecule has 8 heteroatoms. The summed E-state index contributed by atoms with van der Waals surface area (Å²) in [6.07, 6.45) is 4.53. The van der Waals surface area contributed by atoms with Crippen LogP contribution in [0.15, 0.2) is 54.7 Å². The van der Waals surface area contributed by atoms with E-state index in [2.05, 4.69) is 9.88 Å². The minimum atomic E-state index is -0.217. The number of carbonyl (C=O) groups is 3. The Morgan fingerprint density at radius 2 is 1.44 bits per heavy atom. The number of benzene rings is 2. The topological polar surface area (TPSA) is 86.7 Å². The average Bonchev–Trinajstić information content (AvgIpc) is 3.13. The number of carbonyl (C=O) groups excluding carboxylic acids is 3. The summed E-state index contributed by atoms with van der Waals surface area (Å²) in [5.41, 5.74) is 2.72. The molecule has 0 N–H and O–H groups in total. The highest BCUT2D eigenvalue weighted by molar-refractivity contribution is 6.21. The van der Waals surface area contributed by atoms with Crippen molar-refractivity contribution in [2.24, 2.45) is 0 Å². The standard InChI is InChI=1S/C26H27N5O3/c32-24(12-2-1-7-13-31-25(33)19-8-3-4-9-20(19)26(31)34)30-16-14-29(15-17-30)23-18-27-21-10-5-6-11-22(21)28-23/h3-6,8-11,18H,1-2,7,12-17H2. The van der Waals surface area contributed by atoms with Crippen molar-refractivity contribution in [3.63, 3.8) is 0 Å². The van der Waals surface area contributed by atoms with Crippen LogP contribution in [-0.4, -0.2) is 70.2 Å². The fourth-order valence-corrected chi connectivity index (χ4v) is 4.61. The van der Waals surface area contributed by atoms with Gasteiger partial charge < -0.3 is 9.80 Å². The lowest BCUT2D eigenvalue weighted by atomic mass is 10.1. The van der Waals surface area contributed by atoms with E-state index in [9.17, 15) is 14.4 Å². The Morgan fingerprint density at radius 1 is 0.794 bits per heavy atom. The fraction of sp³-hybridized carbons (Fsp3) is 0.346. The predicted molar refractivity (Wildman–Crippen MR) is 129 cm³/mol. The maximum absolute atomic E-state index is 12.6. The number of anilines is 1. The van der Waals surface area contributed by atoms with Crippen molar-refractivity contribution in [2.45, 2.75) is 25.7 Å². The van der Waals surface area contributed by atoms with Gasteiger partial charge >= 0.3 is 0 Å². The molecular weight excluding hydrogens is 430 g/mol. The van der Waals surface area contributed by atoms with Gasteiger partial charge in [0.15, 0.2) is 0 Å². The molecule has 1 aromatic heterocycles. The van der Waals surface area contributed by atoms with Gasteiger partial charge in [0.25, 0.3) is 11.8 Å². The number of nitrogens with zero attached hydrogens (tertiary/aromatic N) is 5. The molecule has 174 valence electrons. The van der Waals surface area contributed by atoms with Gasteiger partial charge in [-0.25, -0.2) is 4.98 Å². The fourth-order valence-electron chi connectivity index (χ4n) is 4.61. The smallest absolute Gasteiger partial charge is 0.261 e. The molecule has 34 heavy (non-hydrogen) atoms. The van der Waals surface area contributed by atoms with Crippen LogP contribution in [0.5, 0.6) is 0 Å². The van der Waals surface area contributed by atoms with Gasteiger partial charge in [0, 0.05) is 39.1 Å². The first-order valence-electron chi connectivity index (χ1n) is 11.8. The number of aromatic nitrogens is 2. The largest absolute Gasteiger partial charge is 0.352 e. The zero-order chi connectivity index (χ0) is 23.5. The molecule has 0 unspecified atom stereocenters. The molecule has 1 saturated heterocycles. The second-order valence-electron chi connectivity index (χ2n) is 8.70. The summed E-state index contributed by atoms with van der Waals surface area (Å²) < 4.78 is 0. The zero-order valence-electron chi connectivity index (χ0n) is 19.0. The first-order chi connectivity index (χ1) is 16.6. The Balaban J connectivity index is 1.03. The first kappa shape index (κ1) is 22.0. The number of fused-ring (bicyclic) bond motifs is 2. The van der Waals surface area contributed by atoms with Crippen molar-refractivity contribution in [3.05, 3.63) is 65.9 Å². The Bertz CT molecular complexity index is 1200. The van der Waals surface area contributed by atoms with Crippen LogP contribution in [0, 0.1) is 0 Å². The summed E-state index contributed by atoms with van der Waals surface area (Å²) in [6, 6.07) is 14.7. The van der Waals surface area contributed by atoms with Crippen LogP contribution in [0.25, 0.3) is 11.0 Å². The van der Waals surface area contributed by atoms with Gasteiger partial charge in [-0.1, -0.05) is 30.7 Å². The third kappa shape index (κ3) is 4.35. The van der Waals surface area contributed by atoms with Crippen LogP contribution >= 0.6 is 0 Å². The van der Waals surface area contributed by atoms with E-state index in [0.29, 0.717) is 43.6 Å². The molecule has 0 saturated carbocycles. The maximum Gasteiger partial charge on any atom is 0.261 e. The van der Waals surface area contributed by atoms with Crippen molar-refractivity contribution in [3.8, 4) is 0 Å². The summed E-state index contributed by atoms with van der Waals surface area (Å²) in [5, 5.41) is 0. The van der Waals surface area contributed by atoms with Crippen molar-refractivity contribution in [1.82, 2.24) is 19.8 Å². The molecule has 1 fully saturated rings. The molecular formula is C26H27N5O3. The highest BCUT2D eigenvalue weighted by Gasteiger charge is 2.34. The van der Waals surface area contributed by atoms with Crippen molar-refractivity contribution >= 4 is 34.6 Å². The van der Waals surface area contributed by atoms with Gasteiger partial charge in [0.2, 0.25) is 5.91 Å². The second-order valence-corrected chi connectivity index (χ2v) is 8.70. The number of amides is 3. The van der Waals surface area contributed by atoms with E-state index in [0.717, 1.165) is 42.8 Å². The summed E-state index contributed by atoms with van der Waals surface area (Å²) in [7, 11) is 0. The minimum absolute atomic E-state index is 0.157. The van der Waals surface area contributed by atoms with E-state index in [-0.39, 0.29) is 17.7 Å². The molecule has 2 aromatic carbocycles. The van der Waals surface area contributed by atoms with Crippen molar-refractivity contribution in [2.75, 3.05) is 37.6 Å². The van der Waals surface area contributed by atoms with Crippen molar-refractivity contribution in [1.29, 1.82) is 0 Å². The van der Waals surface area contributed by atoms with Gasteiger partial charge in [0.1, 0.15) is 5.82 Å². The van der Waals surface area contributed by atoms with Gasteiger partial charge in [-0.3, -0.25) is 24.3 Å². The van der Waals surface area contributed by atoms with E-state index < -0.39 is 0 Å². The number of imide groups is 1. The van der Waals surface area contributed by atoms with Gasteiger partial charge in [-0.15, -0.1) is 0 Å². The maximum atomic E-state index is 12.6. The highest BCUT2D eigenvalue weighted by Crippen LogP contribution is 2.23. The summed E-state index contributed by atoms with van der Waals surface area (Å²) in [4.78, 5) is 52.1.